The molecule has 5 nitrogen and oxygen atoms in total. The molecule has 0 amide bonds. The molecule has 2 rings (SSSR count). The maximum absolute atomic E-state index is 12.0. The van der Waals surface area contributed by atoms with Gasteiger partial charge in [0.15, 0.2) is 0 Å². The van der Waals surface area contributed by atoms with E-state index in [-0.39, 0.29) is 5.95 Å². The van der Waals surface area contributed by atoms with Crippen LogP contribution in [-0.2, 0) is 0 Å². The number of benzene rings is 1. The van der Waals surface area contributed by atoms with Crippen LogP contribution in [0.5, 0.6) is 0 Å². The molecule has 0 atom stereocenters. The van der Waals surface area contributed by atoms with E-state index in [0.717, 1.165) is 0 Å². The average molecular weight is 225 g/mol. The third-order valence-electron chi connectivity index (χ3n) is 1.88. The molecule has 7 heteroatoms. The van der Waals surface area contributed by atoms with Crippen LogP contribution in [0.3, 0.4) is 0 Å². The summed E-state index contributed by atoms with van der Waals surface area (Å²) in [5.74, 6) is 0.200. The Labute approximate surface area is 90.1 Å². The standard InChI is InChI=1S/C9H9F2N5/c10-8(11)6-12-9-13-14-15-16(9)7-4-2-1-3-5-7/h1-5,8H,6H2,(H,12,13,15). The van der Waals surface area contributed by atoms with Crippen LogP contribution in [0.15, 0.2) is 30.3 Å². The monoisotopic (exact) mass is 225 g/mol. The zero-order valence-corrected chi connectivity index (χ0v) is 8.22. The third kappa shape index (κ3) is 2.30. The van der Waals surface area contributed by atoms with Crippen LogP contribution in [0, 0.1) is 0 Å². The Kier molecular flexibility index (Phi) is 3.04. The summed E-state index contributed by atoms with van der Waals surface area (Å²) in [5, 5.41) is 13.2. The first-order valence-corrected chi connectivity index (χ1v) is 4.63. The molecule has 16 heavy (non-hydrogen) atoms. The number of para-hydroxylation sites is 1. The summed E-state index contributed by atoms with van der Waals surface area (Å²) in [6, 6.07) is 9.04. The molecule has 0 saturated heterocycles. The van der Waals surface area contributed by atoms with Crippen molar-refractivity contribution in [2.24, 2.45) is 0 Å². The summed E-state index contributed by atoms with van der Waals surface area (Å²) in [4.78, 5) is 0. The van der Waals surface area contributed by atoms with E-state index < -0.39 is 13.0 Å². The van der Waals surface area contributed by atoms with E-state index in [0.29, 0.717) is 5.69 Å². The number of halogens is 2. The van der Waals surface area contributed by atoms with Crippen LogP contribution in [0.2, 0.25) is 0 Å². The molecule has 0 aliphatic carbocycles. The quantitative estimate of drug-likeness (QED) is 0.853. The number of aromatic nitrogens is 4. The molecule has 0 radical (unpaired) electrons. The molecule has 0 aliphatic rings. The van der Waals surface area contributed by atoms with Crippen molar-refractivity contribution < 1.29 is 8.78 Å². The van der Waals surface area contributed by atoms with Crippen molar-refractivity contribution in [1.29, 1.82) is 0 Å². The van der Waals surface area contributed by atoms with Crippen molar-refractivity contribution in [3.63, 3.8) is 0 Å². The minimum atomic E-state index is -2.44. The number of rotatable bonds is 4. The van der Waals surface area contributed by atoms with Crippen LogP contribution in [-0.4, -0.2) is 33.2 Å². The lowest BCUT2D eigenvalue weighted by Gasteiger charge is -2.05. The summed E-state index contributed by atoms with van der Waals surface area (Å²) < 4.78 is 25.4. The van der Waals surface area contributed by atoms with Crippen LogP contribution < -0.4 is 5.32 Å². The minimum Gasteiger partial charge on any atom is -0.347 e. The Morgan fingerprint density at radius 3 is 2.69 bits per heavy atom. The van der Waals surface area contributed by atoms with Gasteiger partial charge in [-0.25, -0.2) is 8.78 Å². The molecular weight excluding hydrogens is 216 g/mol. The molecule has 0 fully saturated rings. The van der Waals surface area contributed by atoms with Gasteiger partial charge in [-0.1, -0.05) is 23.3 Å². The number of alkyl halides is 2. The van der Waals surface area contributed by atoms with Gasteiger partial charge in [0, 0.05) is 0 Å². The molecule has 84 valence electrons. The van der Waals surface area contributed by atoms with Crippen molar-refractivity contribution in [1.82, 2.24) is 20.2 Å². The Bertz CT molecular complexity index is 442. The smallest absolute Gasteiger partial charge is 0.255 e. The van der Waals surface area contributed by atoms with Crippen molar-refractivity contribution >= 4 is 5.95 Å². The lowest BCUT2D eigenvalue weighted by Crippen LogP contribution is -2.14. The fraction of sp³-hybridized carbons (Fsp3) is 0.222. The van der Waals surface area contributed by atoms with Crippen molar-refractivity contribution in [3.8, 4) is 5.69 Å². The average Bonchev–Trinajstić information content (AvgIpc) is 2.75. The van der Waals surface area contributed by atoms with E-state index in [1.807, 2.05) is 18.2 Å². The Balaban J connectivity index is 2.19. The highest BCUT2D eigenvalue weighted by Crippen LogP contribution is 2.10. The van der Waals surface area contributed by atoms with E-state index in [1.165, 1.54) is 4.68 Å². The van der Waals surface area contributed by atoms with E-state index in [4.69, 9.17) is 0 Å². The fourth-order valence-corrected chi connectivity index (χ4v) is 1.21. The van der Waals surface area contributed by atoms with E-state index in [9.17, 15) is 8.78 Å². The van der Waals surface area contributed by atoms with Crippen LogP contribution in [0.25, 0.3) is 5.69 Å². The zero-order chi connectivity index (χ0) is 11.4. The van der Waals surface area contributed by atoms with Gasteiger partial charge in [0.1, 0.15) is 0 Å². The summed E-state index contributed by atoms with van der Waals surface area (Å²) in [6.07, 6.45) is -2.44. The molecule has 0 aliphatic heterocycles. The Hall–Kier alpha value is -2.05. The number of nitrogens with one attached hydrogen (secondary N) is 1. The number of hydrogen-bond donors (Lipinski definition) is 1. The molecule has 1 N–H and O–H groups in total. The molecule has 0 bridgehead atoms. The van der Waals surface area contributed by atoms with Crippen molar-refractivity contribution in [2.75, 3.05) is 11.9 Å². The maximum atomic E-state index is 12.0. The minimum absolute atomic E-state index is 0.200. The van der Waals surface area contributed by atoms with Gasteiger partial charge in [-0.05, 0) is 22.6 Å². The van der Waals surface area contributed by atoms with Crippen LogP contribution >= 0.6 is 0 Å². The van der Waals surface area contributed by atoms with E-state index >= 15 is 0 Å². The van der Waals surface area contributed by atoms with Gasteiger partial charge < -0.3 is 5.32 Å². The van der Waals surface area contributed by atoms with Gasteiger partial charge in [0.2, 0.25) is 5.95 Å². The topological polar surface area (TPSA) is 55.6 Å². The zero-order valence-electron chi connectivity index (χ0n) is 8.22. The molecule has 2 aromatic rings. The lowest BCUT2D eigenvalue weighted by atomic mass is 10.3. The Morgan fingerprint density at radius 2 is 2.00 bits per heavy atom. The predicted molar refractivity (Wildman–Crippen MR) is 53.6 cm³/mol. The largest absolute Gasteiger partial charge is 0.347 e. The molecule has 0 unspecified atom stereocenters. The second-order valence-corrected chi connectivity index (χ2v) is 3.02. The summed E-state index contributed by atoms with van der Waals surface area (Å²) in [6.45, 7) is -0.479. The first kappa shape index (κ1) is 10.5. The summed E-state index contributed by atoms with van der Waals surface area (Å²) in [7, 11) is 0. The molecular formula is C9H9F2N5. The number of hydrogen-bond acceptors (Lipinski definition) is 4. The Morgan fingerprint density at radius 1 is 1.25 bits per heavy atom. The van der Waals surface area contributed by atoms with Crippen molar-refractivity contribution in [3.05, 3.63) is 30.3 Å². The second-order valence-electron chi connectivity index (χ2n) is 3.02. The van der Waals surface area contributed by atoms with E-state index in [2.05, 4.69) is 20.8 Å². The summed E-state index contributed by atoms with van der Waals surface area (Å²) in [5.41, 5.74) is 0.712. The summed E-state index contributed by atoms with van der Waals surface area (Å²) >= 11 is 0. The maximum Gasteiger partial charge on any atom is 0.255 e. The highest BCUT2D eigenvalue weighted by atomic mass is 19.3. The van der Waals surface area contributed by atoms with E-state index in [1.54, 1.807) is 12.1 Å². The normalized spacial score (nSPS) is 10.7. The van der Waals surface area contributed by atoms with Crippen molar-refractivity contribution in [2.45, 2.75) is 6.43 Å². The van der Waals surface area contributed by atoms with Gasteiger partial charge in [-0.2, -0.15) is 4.68 Å². The first-order valence-electron chi connectivity index (χ1n) is 4.63. The van der Waals surface area contributed by atoms with Gasteiger partial charge >= 0.3 is 0 Å². The van der Waals surface area contributed by atoms with Gasteiger partial charge in [-0.15, -0.1) is 0 Å². The highest BCUT2D eigenvalue weighted by Gasteiger charge is 2.09. The molecule has 0 spiro atoms. The van der Waals surface area contributed by atoms with Gasteiger partial charge in [0.25, 0.3) is 6.43 Å². The SMILES string of the molecule is FC(F)CNc1nnnn1-c1ccccc1. The molecule has 1 aromatic heterocycles. The first-order chi connectivity index (χ1) is 7.77. The van der Waals surface area contributed by atoms with Gasteiger partial charge in [0.05, 0.1) is 12.2 Å². The van der Waals surface area contributed by atoms with Gasteiger partial charge in [-0.3, -0.25) is 0 Å². The third-order valence-corrected chi connectivity index (χ3v) is 1.88. The lowest BCUT2D eigenvalue weighted by molar-refractivity contribution is 0.163. The predicted octanol–water partition coefficient (Wildman–Crippen LogP) is 1.34. The van der Waals surface area contributed by atoms with Crippen LogP contribution in [0.4, 0.5) is 14.7 Å². The fourth-order valence-electron chi connectivity index (χ4n) is 1.21. The molecule has 1 heterocycles. The molecule has 1 aromatic carbocycles. The highest BCUT2D eigenvalue weighted by molar-refractivity contribution is 5.38. The number of tetrazole rings is 1. The second kappa shape index (κ2) is 4.65. The number of anilines is 1. The van der Waals surface area contributed by atoms with Crippen LogP contribution in [0.1, 0.15) is 0 Å². The number of nitrogens with zero attached hydrogens (tertiary/aromatic N) is 4. The molecule has 0 saturated carbocycles.